The van der Waals surface area contributed by atoms with Crippen molar-refractivity contribution in [2.75, 3.05) is 18.5 Å². The fraction of sp³-hybridized carbons (Fsp3) is 0.261. The molecule has 5 heteroatoms. The summed E-state index contributed by atoms with van der Waals surface area (Å²) >= 11 is 0. The lowest BCUT2D eigenvalue weighted by Gasteiger charge is -2.14. The Morgan fingerprint density at radius 1 is 1.11 bits per heavy atom. The number of carbonyl (C=O) groups is 1. The van der Waals surface area contributed by atoms with Crippen molar-refractivity contribution in [3.63, 3.8) is 0 Å². The number of carbonyl (C=O) groups excluding carboxylic acids is 1. The van der Waals surface area contributed by atoms with Gasteiger partial charge < -0.3 is 19.5 Å². The van der Waals surface area contributed by atoms with Gasteiger partial charge in [0.15, 0.2) is 6.61 Å². The molecule has 3 aromatic carbocycles. The Hall–Kier alpha value is -3.21. The molecule has 0 radical (unpaired) electrons. The molecule has 0 spiro atoms. The first kappa shape index (κ1) is 18.2. The standard InChI is InChI=1S/C23H23NO4/c1-3-26-22-12-18-10-15(2)28-21(18)13-20(22)24-23(25)14-27-19-9-8-16-6-4-5-7-17(16)11-19/h4-9,11-13,15H,3,10,14H2,1-2H3,(H,24,25). The molecule has 28 heavy (non-hydrogen) atoms. The summed E-state index contributed by atoms with van der Waals surface area (Å²) in [6, 6.07) is 17.6. The van der Waals surface area contributed by atoms with Crippen LogP contribution in [0.5, 0.6) is 17.2 Å². The number of amides is 1. The highest BCUT2D eigenvalue weighted by Gasteiger charge is 2.22. The highest BCUT2D eigenvalue weighted by molar-refractivity contribution is 5.94. The zero-order valence-electron chi connectivity index (χ0n) is 16.0. The highest BCUT2D eigenvalue weighted by Crippen LogP contribution is 2.38. The molecule has 1 unspecified atom stereocenters. The highest BCUT2D eigenvalue weighted by atomic mass is 16.5. The Morgan fingerprint density at radius 3 is 2.75 bits per heavy atom. The number of hydrogen-bond donors (Lipinski definition) is 1. The number of hydrogen-bond acceptors (Lipinski definition) is 4. The molecule has 0 saturated carbocycles. The predicted molar refractivity (Wildman–Crippen MR) is 109 cm³/mol. The first-order valence-corrected chi connectivity index (χ1v) is 9.50. The molecule has 1 heterocycles. The zero-order chi connectivity index (χ0) is 19.5. The fourth-order valence-corrected chi connectivity index (χ4v) is 3.40. The van der Waals surface area contributed by atoms with Crippen LogP contribution in [0, 0.1) is 0 Å². The maximum Gasteiger partial charge on any atom is 0.262 e. The summed E-state index contributed by atoms with van der Waals surface area (Å²) in [6.07, 6.45) is 0.973. The van der Waals surface area contributed by atoms with Crippen molar-refractivity contribution in [3.05, 3.63) is 60.2 Å². The van der Waals surface area contributed by atoms with Crippen molar-refractivity contribution in [2.45, 2.75) is 26.4 Å². The third-order valence-electron chi connectivity index (χ3n) is 4.66. The molecule has 4 rings (SSSR count). The minimum Gasteiger partial charge on any atom is -0.492 e. The number of ether oxygens (including phenoxy) is 3. The lowest BCUT2D eigenvalue weighted by molar-refractivity contribution is -0.118. The van der Waals surface area contributed by atoms with Crippen molar-refractivity contribution in [1.29, 1.82) is 0 Å². The Labute approximate surface area is 164 Å². The van der Waals surface area contributed by atoms with Crippen LogP contribution in [0.15, 0.2) is 54.6 Å². The van der Waals surface area contributed by atoms with Crippen LogP contribution in [-0.4, -0.2) is 25.2 Å². The van der Waals surface area contributed by atoms with Gasteiger partial charge in [-0.15, -0.1) is 0 Å². The maximum atomic E-state index is 12.4. The summed E-state index contributed by atoms with van der Waals surface area (Å²) < 4.78 is 17.2. The second-order valence-corrected chi connectivity index (χ2v) is 6.87. The average molecular weight is 377 g/mol. The molecule has 0 bridgehead atoms. The maximum absolute atomic E-state index is 12.4. The normalized spacial score (nSPS) is 15.0. The molecule has 0 aromatic heterocycles. The van der Waals surface area contributed by atoms with Gasteiger partial charge in [-0.25, -0.2) is 0 Å². The SMILES string of the molecule is CCOc1cc2c(cc1NC(=O)COc1ccc3ccccc3c1)OC(C)C2. The van der Waals surface area contributed by atoms with Gasteiger partial charge in [-0.1, -0.05) is 30.3 Å². The predicted octanol–water partition coefficient (Wildman–Crippen LogP) is 4.58. The summed E-state index contributed by atoms with van der Waals surface area (Å²) in [7, 11) is 0. The van der Waals surface area contributed by atoms with Gasteiger partial charge in [0.25, 0.3) is 5.91 Å². The van der Waals surface area contributed by atoms with Crippen molar-refractivity contribution in [2.24, 2.45) is 0 Å². The molecule has 0 aliphatic carbocycles. The van der Waals surface area contributed by atoms with E-state index in [2.05, 4.69) is 5.32 Å². The molecule has 0 fully saturated rings. The van der Waals surface area contributed by atoms with Crippen molar-refractivity contribution in [1.82, 2.24) is 0 Å². The van der Waals surface area contributed by atoms with Gasteiger partial charge >= 0.3 is 0 Å². The fourth-order valence-electron chi connectivity index (χ4n) is 3.40. The van der Waals surface area contributed by atoms with E-state index in [1.165, 1.54) is 0 Å². The van der Waals surface area contributed by atoms with E-state index < -0.39 is 0 Å². The number of anilines is 1. The molecule has 1 N–H and O–H groups in total. The Kier molecular flexibility index (Phi) is 5.06. The van der Waals surface area contributed by atoms with Gasteiger partial charge in [0.2, 0.25) is 0 Å². The first-order chi connectivity index (χ1) is 13.6. The number of benzene rings is 3. The third-order valence-corrected chi connectivity index (χ3v) is 4.66. The van der Waals surface area contributed by atoms with Crippen LogP contribution in [0.1, 0.15) is 19.4 Å². The largest absolute Gasteiger partial charge is 0.492 e. The summed E-state index contributed by atoms with van der Waals surface area (Å²) in [5.41, 5.74) is 1.70. The monoisotopic (exact) mass is 377 g/mol. The van der Waals surface area contributed by atoms with Gasteiger partial charge in [-0.3, -0.25) is 4.79 Å². The molecule has 1 amide bonds. The average Bonchev–Trinajstić information content (AvgIpc) is 3.05. The summed E-state index contributed by atoms with van der Waals surface area (Å²) in [4.78, 5) is 12.4. The molecule has 5 nitrogen and oxygen atoms in total. The van der Waals surface area contributed by atoms with Crippen LogP contribution in [-0.2, 0) is 11.2 Å². The molecule has 1 aliphatic rings. The van der Waals surface area contributed by atoms with E-state index in [-0.39, 0.29) is 18.6 Å². The van der Waals surface area contributed by atoms with Crippen molar-refractivity contribution < 1.29 is 19.0 Å². The van der Waals surface area contributed by atoms with Crippen LogP contribution < -0.4 is 19.5 Å². The van der Waals surface area contributed by atoms with E-state index >= 15 is 0 Å². The molecule has 3 aromatic rings. The lowest BCUT2D eigenvalue weighted by Crippen LogP contribution is -2.20. The Bertz CT molecular complexity index is 1010. The van der Waals surface area contributed by atoms with Gasteiger partial charge in [0.05, 0.1) is 12.3 Å². The van der Waals surface area contributed by atoms with E-state index in [1.807, 2.05) is 68.4 Å². The minimum atomic E-state index is -0.250. The molecular formula is C23H23NO4. The number of nitrogens with one attached hydrogen (secondary N) is 1. The summed E-state index contributed by atoms with van der Waals surface area (Å²) in [5.74, 6) is 1.85. The second kappa shape index (κ2) is 7.80. The molecule has 1 aliphatic heterocycles. The first-order valence-electron chi connectivity index (χ1n) is 9.50. The van der Waals surface area contributed by atoms with Gasteiger partial charge in [0, 0.05) is 18.1 Å². The van der Waals surface area contributed by atoms with Crippen LogP contribution >= 0.6 is 0 Å². The van der Waals surface area contributed by atoms with Crippen LogP contribution in [0.3, 0.4) is 0 Å². The molecule has 1 atom stereocenters. The van der Waals surface area contributed by atoms with E-state index in [0.717, 1.165) is 28.5 Å². The van der Waals surface area contributed by atoms with E-state index in [1.54, 1.807) is 0 Å². The van der Waals surface area contributed by atoms with E-state index in [0.29, 0.717) is 23.8 Å². The van der Waals surface area contributed by atoms with Gasteiger partial charge in [0.1, 0.15) is 23.4 Å². The van der Waals surface area contributed by atoms with Gasteiger partial charge in [-0.2, -0.15) is 0 Å². The summed E-state index contributed by atoms with van der Waals surface area (Å²) in [5, 5.41) is 5.08. The Balaban J connectivity index is 1.45. The van der Waals surface area contributed by atoms with Crippen LogP contribution in [0.4, 0.5) is 5.69 Å². The quantitative estimate of drug-likeness (QED) is 0.683. The lowest BCUT2D eigenvalue weighted by atomic mass is 10.1. The van der Waals surface area contributed by atoms with Crippen LogP contribution in [0.25, 0.3) is 10.8 Å². The summed E-state index contributed by atoms with van der Waals surface area (Å²) in [6.45, 7) is 4.38. The number of fused-ring (bicyclic) bond motifs is 2. The van der Waals surface area contributed by atoms with Gasteiger partial charge in [-0.05, 0) is 42.8 Å². The smallest absolute Gasteiger partial charge is 0.262 e. The van der Waals surface area contributed by atoms with Crippen molar-refractivity contribution >= 4 is 22.4 Å². The zero-order valence-corrected chi connectivity index (χ0v) is 16.0. The third kappa shape index (κ3) is 3.88. The van der Waals surface area contributed by atoms with E-state index in [4.69, 9.17) is 14.2 Å². The molecule has 0 saturated heterocycles. The molecular weight excluding hydrogens is 354 g/mol. The Morgan fingerprint density at radius 2 is 1.93 bits per heavy atom. The molecule has 144 valence electrons. The minimum absolute atomic E-state index is 0.0851. The number of rotatable bonds is 6. The van der Waals surface area contributed by atoms with Crippen molar-refractivity contribution in [3.8, 4) is 17.2 Å². The van der Waals surface area contributed by atoms with E-state index in [9.17, 15) is 4.79 Å². The van der Waals surface area contributed by atoms with Crippen LogP contribution in [0.2, 0.25) is 0 Å². The second-order valence-electron chi connectivity index (χ2n) is 6.87. The topological polar surface area (TPSA) is 56.8 Å².